The highest BCUT2D eigenvalue weighted by Gasteiger charge is 2.66. The molecule has 30 heavy (non-hydrogen) atoms. The number of hydrogen-bond donors (Lipinski definition) is 2. The van der Waals surface area contributed by atoms with Crippen molar-refractivity contribution in [3.05, 3.63) is 35.4 Å². The van der Waals surface area contributed by atoms with Crippen LogP contribution in [0.1, 0.15) is 64.0 Å². The van der Waals surface area contributed by atoms with Crippen LogP contribution in [0.2, 0.25) is 0 Å². The molecule has 4 saturated carbocycles. The van der Waals surface area contributed by atoms with E-state index in [0.717, 1.165) is 32.1 Å². The molecule has 4 unspecified atom stereocenters. The molecule has 6 rings (SSSR count). The maximum Gasteiger partial charge on any atom is 0.408 e. The number of benzene rings is 1. The van der Waals surface area contributed by atoms with Gasteiger partial charge in [0.2, 0.25) is 5.91 Å². The van der Waals surface area contributed by atoms with Crippen LogP contribution in [-0.4, -0.2) is 40.1 Å². The highest BCUT2D eigenvalue weighted by molar-refractivity contribution is 5.79. The van der Waals surface area contributed by atoms with E-state index in [-0.39, 0.29) is 28.7 Å². The first-order valence-electron chi connectivity index (χ1n) is 11.3. The molecule has 4 fully saturated rings. The van der Waals surface area contributed by atoms with E-state index in [1.807, 2.05) is 37.8 Å². The van der Waals surface area contributed by atoms with E-state index < -0.39 is 0 Å². The number of ether oxygens (including phenoxy) is 1. The van der Waals surface area contributed by atoms with E-state index in [1.165, 1.54) is 11.1 Å². The van der Waals surface area contributed by atoms with Crippen molar-refractivity contribution in [2.75, 3.05) is 6.54 Å². The van der Waals surface area contributed by atoms with Crippen molar-refractivity contribution in [2.45, 2.75) is 82.6 Å². The quantitative estimate of drug-likeness (QED) is 0.797. The number of hydrogen-bond acceptors (Lipinski definition) is 4. The number of alkyl carbamates (subject to hydrolysis) is 1. The van der Waals surface area contributed by atoms with Crippen LogP contribution in [0, 0.1) is 11.8 Å². The van der Waals surface area contributed by atoms with Gasteiger partial charge in [0.15, 0.2) is 0 Å². The predicted molar refractivity (Wildman–Crippen MR) is 114 cm³/mol. The highest BCUT2D eigenvalue weighted by Crippen LogP contribution is 2.63. The third-order valence-electron chi connectivity index (χ3n) is 7.53. The molecule has 162 valence electrons. The maximum absolute atomic E-state index is 12.9. The van der Waals surface area contributed by atoms with Crippen molar-refractivity contribution < 1.29 is 14.3 Å². The summed E-state index contributed by atoms with van der Waals surface area (Å²) in [7, 11) is 0. The monoisotopic (exact) mass is 411 g/mol. The standard InChI is InChI=1S/C24H33N3O3/c1-22(2,3)26-21(29)30-24-10-16-8-19(24)11-23(9-16,15-24)25-12-20(28)27-13-17-6-4-5-7-18(17)14-27/h4-7,16,19,25H,8-15H2,1-3H3,(H,26,29). The molecule has 4 bridgehead atoms. The van der Waals surface area contributed by atoms with E-state index in [9.17, 15) is 9.59 Å². The van der Waals surface area contributed by atoms with E-state index in [1.54, 1.807) is 0 Å². The number of rotatable bonds is 4. The van der Waals surface area contributed by atoms with Gasteiger partial charge in [0.1, 0.15) is 5.60 Å². The number of carbonyl (C=O) groups is 2. The van der Waals surface area contributed by atoms with Crippen LogP contribution in [0.25, 0.3) is 0 Å². The van der Waals surface area contributed by atoms with Crippen LogP contribution < -0.4 is 10.6 Å². The summed E-state index contributed by atoms with van der Waals surface area (Å²) in [5.41, 5.74) is 1.76. The Kier molecular flexibility index (Phi) is 4.44. The number of carbonyl (C=O) groups excluding carboxylic acids is 2. The topological polar surface area (TPSA) is 70.7 Å². The van der Waals surface area contributed by atoms with Crippen LogP contribution >= 0.6 is 0 Å². The van der Waals surface area contributed by atoms with Gasteiger partial charge in [-0.3, -0.25) is 4.79 Å². The number of amides is 2. The zero-order chi connectivity index (χ0) is 21.1. The van der Waals surface area contributed by atoms with Crippen LogP contribution in [0.3, 0.4) is 0 Å². The predicted octanol–water partition coefficient (Wildman–Crippen LogP) is 3.34. The molecule has 4 atom stereocenters. The first-order valence-corrected chi connectivity index (χ1v) is 11.3. The van der Waals surface area contributed by atoms with E-state index in [4.69, 9.17) is 4.74 Å². The highest BCUT2D eigenvalue weighted by atomic mass is 16.6. The zero-order valence-corrected chi connectivity index (χ0v) is 18.3. The summed E-state index contributed by atoms with van der Waals surface area (Å²) < 4.78 is 6.09. The Balaban J connectivity index is 1.21. The molecule has 1 aromatic carbocycles. The molecule has 4 aliphatic carbocycles. The van der Waals surface area contributed by atoms with Gasteiger partial charge >= 0.3 is 6.09 Å². The fourth-order valence-corrected chi connectivity index (χ4v) is 6.59. The Morgan fingerprint density at radius 3 is 2.50 bits per heavy atom. The second-order valence-electron chi connectivity index (χ2n) is 11.1. The van der Waals surface area contributed by atoms with E-state index in [0.29, 0.717) is 31.5 Å². The first kappa shape index (κ1) is 19.9. The minimum atomic E-state index is -0.363. The van der Waals surface area contributed by atoms with Gasteiger partial charge in [-0.15, -0.1) is 0 Å². The molecule has 1 aliphatic heterocycles. The summed E-state index contributed by atoms with van der Waals surface area (Å²) in [5, 5.41) is 6.58. The molecule has 0 aromatic heterocycles. The van der Waals surface area contributed by atoms with Crippen molar-refractivity contribution in [1.29, 1.82) is 0 Å². The SMILES string of the molecule is CC(C)(C)NC(=O)OC12CC3CC1CC(NCC(=O)N1Cc4ccccc4C1)(C3)C2. The molecular formula is C24H33N3O3. The minimum Gasteiger partial charge on any atom is -0.443 e. The van der Waals surface area contributed by atoms with Crippen LogP contribution in [0.15, 0.2) is 24.3 Å². The van der Waals surface area contributed by atoms with Gasteiger partial charge in [-0.25, -0.2) is 4.79 Å². The molecule has 2 amide bonds. The number of nitrogens with one attached hydrogen (secondary N) is 2. The Bertz CT molecular complexity index is 854. The van der Waals surface area contributed by atoms with Crippen molar-refractivity contribution in [1.82, 2.24) is 15.5 Å². The average molecular weight is 412 g/mol. The lowest BCUT2D eigenvalue weighted by molar-refractivity contribution is -0.131. The molecule has 6 nitrogen and oxygen atoms in total. The van der Waals surface area contributed by atoms with Gasteiger partial charge in [0.25, 0.3) is 0 Å². The summed E-state index contributed by atoms with van der Waals surface area (Å²) in [6.45, 7) is 7.67. The van der Waals surface area contributed by atoms with Crippen LogP contribution in [-0.2, 0) is 22.6 Å². The molecule has 5 aliphatic rings. The second kappa shape index (κ2) is 6.71. The second-order valence-corrected chi connectivity index (χ2v) is 11.1. The summed E-state index contributed by atoms with van der Waals surface area (Å²) in [4.78, 5) is 27.4. The van der Waals surface area contributed by atoms with Gasteiger partial charge in [0.05, 0.1) is 6.54 Å². The molecule has 0 radical (unpaired) electrons. The third kappa shape index (κ3) is 3.49. The molecule has 0 spiro atoms. The lowest BCUT2D eigenvalue weighted by Gasteiger charge is -2.41. The molecule has 1 heterocycles. The van der Waals surface area contributed by atoms with Crippen molar-refractivity contribution >= 4 is 12.0 Å². The Morgan fingerprint density at radius 1 is 1.13 bits per heavy atom. The van der Waals surface area contributed by atoms with Gasteiger partial charge in [-0.05, 0) is 63.5 Å². The lowest BCUT2D eigenvalue weighted by atomic mass is 9.75. The van der Waals surface area contributed by atoms with Gasteiger partial charge < -0.3 is 20.3 Å². The van der Waals surface area contributed by atoms with Gasteiger partial charge in [0, 0.05) is 36.5 Å². The lowest BCUT2D eigenvalue weighted by Crippen LogP contribution is -2.53. The number of fused-ring (bicyclic) bond motifs is 1. The Labute approximate surface area is 178 Å². The summed E-state index contributed by atoms with van der Waals surface area (Å²) in [6, 6.07) is 8.28. The molecular weight excluding hydrogens is 378 g/mol. The molecule has 6 heteroatoms. The summed E-state index contributed by atoms with van der Waals surface area (Å²) in [5.74, 6) is 1.14. The largest absolute Gasteiger partial charge is 0.443 e. The zero-order valence-electron chi connectivity index (χ0n) is 18.3. The Morgan fingerprint density at radius 2 is 1.83 bits per heavy atom. The smallest absolute Gasteiger partial charge is 0.408 e. The van der Waals surface area contributed by atoms with Gasteiger partial charge in [-0.1, -0.05) is 24.3 Å². The van der Waals surface area contributed by atoms with Crippen molar-refractivity contribution in [2.24, 2.45) is 11.8 Å². The fraction of sp³-hybridized carbons (Fsp3) is 0.667. The minimum absolute atomic E-state index is 0.0733. The van der Waals surface area contributed by atoms with Crippen LogP contribution in [0.4, 0.5) is 4.79 Å². The van der Waals surface area contributed by atoms with Gasteiger partial charge in [-0.2, -0.15) is 0 Å². The van der Waals surface area contributed by atoms with Crippen molar-refractivity contribution in [3.63, 3.8) is 0 Å². The average Bonchev–Trinajstić information content (AvgIpc) is 3.23. The molecule has 1 aromatic rings. The number of nitrogens with zero attached hydrogens (tertiary/aromatic N) is 1. The summed E-state index contributed by atoms with van der Waals surface area (Å²) >= 11 is 0. The van der Waals surface area contributed by atoms with Crippen molar-refractivity contribution in [3.8, 4) is 0 Å². The third-order valence-corrected chi connectivity index (χ3v) is 7.53. The normalized spacial score (nSPS) is 33.6. The first-order chi connectivity index (χ1) is 14.2. The van der Waals surface area contributed by atoms with Crippen LogP contribution in [0.5, 0.6) is 0 Å². The fourth-order valence-electron chi connectivity index (χ4n) is 6.59. The van der Waals surface area contributed by atoms with E-state index >= 15 is 0 Å². The maximum atomic E-state index is 12.9. The molecule has 2 N–H and O–H groups in total. The van der Waals surface area contributed by atoms with E-state index in [2.05, 4.69) is 22.8 Å². The summed E-state index contributed by atoms with van der Waals surface area (Å²) in [6.07, 6.45) is 4.71. The molecule has 0 saturated heterocycles. The Hall–Kier alpha value is -2.08.